The van der Waals surface area contributed by atoms with E-state index in [0.717, 1.165) is 12.0 Å². The van der Waals surface area contributed by atoms with E-state index >= 15 is 0 Å². The van der Waals surface area contributed by atoms with Crippen molar-refractivity contribution < 1.29 is 19.1 Å². The van der Waals surface area contributed by atoms with Crippen molar-refractivity contribution in [2.24, 2.45) is 5.92 Å². The van der Waals surface area contributed by atoms with Gasteiger partial charge < -0.3 is 14.8 Å². The van der Waals surface area contributed by atoms with Gasteiger partial charge in [-0.15, -0.1) is 11.3 Å². The van der Waals surface area contributed by atoms with Crippen LogP contribution in [0.4, 0.5) is 5.00 Å². The Morgan fingerprint density at radius 3 is 2.46 bits per heavy atom. The van der Waals surface area contributed by atoms with Crippen LogP contribution in [0.25, 0.3) is 0 Å². The lowest BCUT2D eigenvalue weighted by Crippen LogP contribution is -2.30. The molecule has 0 aliphatic heterocycles. The SMILES string of the molecule is CCOC(=O)c1c(CC(C)C)csc1NC(=O)C(C)Oc1ccccc1. The molecule has 1 atom stereocenters. The van der Waals surface area contributed by atoms with Crippen LogP contribution in [0.5, 0.6) is 5.75 Å². The molecule has 26 heavy (non-hydrogen) atoms. The predicted octanol–water partition coefficient (Wildman–Crippen LogP) is 4.53. The van der Waals surface area contributed by atoms with Crippen molar-refractivity contribution in [2.75, 3.05) is 11.9 Å². The molecular formula is C20H25NO4S. The maximum atomic E-state index is 12.5. The van der Waals surface area contributed by atoms with Crippen LogP contribution in [0, 0.1) is 5.92 Å². The smallest absolute Gasteiger partial charge is 0.341 e. The third-order valence-corrected chi connectivity index (χ3v) is 4.58. The summed E-state index contributed by atoms with van der Waals surface area (Å²) in [5.74, 6) is 0.294. The second kappa shape index (κ2) is 9.38. The summed E-state index contributed by atoms with van der Waals surface area (Å²) in [6.45, 7) is 7.90. The van der Waals surface area contributed by atoms with Gasteiger partial charge in [0.1, 0.15) is 10.8 Å². The number of anilines is 1. The molecule has 6 heteroatoms. The predicted molar refractivity (Wildman–Crippen MR) is 104 cm³/mol. The highest BCUT2D eigenvalue weighted by Gasteiger charge is 2.24. The molecule has 1 heterocycles. The first kappa shape index (κ1) is 20.0. The number of amides is 1. The van der Waals surface area contributed by atoms with Gasteiger partial charge in [-0.2, -0.15) is 0 Å². The van der Waals surface area contributed by atoms with Crippen LogP contribution >= 0.6 is 11.3 Å². The van der Waals surface area contributed by atoms with Gasteiger partial charge in [0.2, 0.25) is 0 Å². The second-order valence-electron chi connectivity index (χ2n) is 6.35. The summed E-state index contributed by atoms with van der Waals surface area (Å²) in [6.07, 6.45) is 0.0550. The minimum atomic E-state index is -0.692. The highest BCUT2D eigenvalue weighted by atomic mass is 32.1. The number of carbonyl (C=O) groups excluding carboxylic acids is 2. The summed E-state index contributed by atoms with van der Waals surface area (Å²) in [5.41, 5.74) is 1.35. The number of para-hydroxylation sites is 1. The number of hydrogen-bond acceptors (Lipinski definition) is 5. The summed E-state index contributed by atoms with van der Waals surface area (Å²) in [4.78, 5) is 24.9. The van der Waals surface area contributed by atoms with E-state index in [4.69, 9.17) is 9.47 Å². The van der Waals surface area contributed by atoms with E-state index in [2.05, 4.69) is 19.2 Å². The molecule has 0 saturated carbocycles. The normalized spacial score (nSPS) is 11.9. The van der Waals surface area contributed by atoms with Gasteiger partial charge in [-0.05, 0) is 49.3 Å². The molecule has 0 aliphatic rings. The van der Waals surface area contributed by atoms with Crippen molar-refractivity contribution in [1.82, 2.24) is 0 Å². The zero-order valence-corrected chi connectivity index (χ0v) is 16.4. The number of esters is 1. The number of benzene rings is 1. The molecule has 0 radical (unpaired) electrons. The number of hydrogen-bond donors (Lipinski definition) is 1. The number of thiophene rings is 1. The minimum absolute atomic E-state index is 0.288. The van der Waals surface area contributed by atoms with Gasteiger partial charge in [0, 0.05) is 0 Å². The largest absolute Gasteiger partial charge is 0.481 e. The van der Waals surface area contributed by atoms with Crippen LogP contribution < -0.4 is 10.1 Å². The average molecular weight is 375 g/mol. The Morgan fingerprint density at radius 2 is 1.85 bits per heavy atom. The summed E-state index contributed by atoms with van der Waals surface area (Å²) in [5, 5.41) is 5.23. The molecule has 0 fully saturated rings. The second-order valence-corrected chi connectivity index (χ2v) is 7.23. The van der Waals surface area contributed by atoms with Crippen molar-refractivity contribution >= 4 is 28.2 Å². The average Bonchev–Trinajstić information content (AvgIpc) is 2.97. The number of rotatable bonds is 8. The lowest BCUT2D eigenvalue weighted by Gasteiger charge is -2.15. The first-order valence-electron chi connectivity index (χ1n) is 8.72. The maximum Gasteiger partial charge on any atom is 0.341 e. The highest BCUT2D eigenvalue weighted by Crippen LogP contribution is 2.31. The molecule has 1 aromatic carbocycles. The summed E-state index contributed by atoms with van der Waals surface area (Å²) in [7, 11) is 0. The first-order valence-corrected chi connectivity index (χ1v) is 9.60. The third-order valence-electron chi connectivity index (χ3n) is 3.64. The molecule has 1 aromatic heterocycles. The molecule has 1 amide bonds. The van der Waals surface area contributed by atoms with Crippen molar-refractivity contribution in [3.8, 4) is 5.75 Å². The van der Waals surface area contributed by atoms with Crippen molar-refractivity contribution in [2.45, 2.75) is 40.2 Å². The van der Waals surface area contributed by atoms with E-state index in [-0.39, 0.29) is 12.5 Å². The third kappa shape index (κ3) is 5.33. The summed E-state index contributed by atoms with van der Waals surface area (Å²) >= 11 is 1.34. The molecule has 2 rings (SSSR count). The molecule has 140 valence electrons. The van der Waals surface area contributed by atoms with Crippen LogP contribution in [0.2, 0.25) is 0 Å². The number of ether oxygens (including phenoxy) is 2. The Morgan fingerprint density at radius 1 is 1.15 bits per heavy atom. The highest BCUT2D eigenvalue weighted by molar-refractivity contribution is 7.15. The van der Waals surface area contributed by atoms with E-state index in [1.165, 1.54) is 11.3 Å². The topological polar surface area (TPSA) is 64.6 Å². The fourth-order valence-electron chi connectivity index (χ4n) is 2.47. The Hall–Kier alpha value is -2.34. The first-order chi connectivity index (χ1) is 12.4. The van der Waals surface area contributed by atoms with Gasteiger partial charge in [0.25, 0.3) is 5.91 Å². The molecule has 2 aromatic rings. The van der Waals surface area contributed by atoms with E-state index in [1.807, 2.05) is 23.6 Å². The molecule has 0 bridgehead atoms. The zero-order valence-electron chi connectivity index (χ0n) is 15.6. The Bertz CT molecular complexity index is 740. The molecule has 5 nitrogen and oxygen atoms in total. The standard InChI is InChI=1S/C20H25NO4S/c1-5-24-20(23)17-15(11-13(2)3)12-26-19(17)21-18(22)14(4)25-16-9-7-6-8-10-16/h6-10,12-14H,5,11H2,1-4H3,(H,21,22). The lowest BCUT2D eigenvalue weighted by atomic mass is 10.0. The maximum absolute atomic E-state index is 12.5. The van der Waals surface area contributed by atoms with Crippen LogP contribution in [0.3, 0.4) is 0 Å². The quantitative estimate of drug-likeness (QED) is 0.689. The monoisotopic (exact) mass is 375 g/mol. The lowest BCUT2D eigenvalue weighted by molar-refractivity contribution is -0.122. The van der Waals surface area contributed by atoms with E-state index in [1.54, 1.807) is 26.0 Å². The van der Waals surface area contributed by atoms with Gasteiger partial charge in [0.05, 0.1) is 12.2 Å². The Kier molecular flexibility index (Phi) is 7.21. The molecule has 0 aliphatic carbocycles. The fraction of sp³-hybridized carbons (Fsp3) is 0.400. The summed E-state index contributed by atoms with van der Waals surface area (Å²) < 4.78 is 10.8. The molecule has 0 spiro atoms. The zero-order chi connectivity index (χ0) is 19.1. The van der Waals surface area contributed by atoms with Crippen molar-refractivity contribution in [1.29, 1.82) is 0 Å². The fourth-order valence-corrected chi connectivity index (χ4v) is 3.44. The van der Waals surface area contributed by atoms with E-state index < -0.39 is 12.1 Å². The molecular weight excluding hydrogens is 350 g/mol. The van der Waals surface area contributed by atoms with E-state index in [0.29, 0.717) is 22.2 Å². The number of carbonyl (C=O) groups is 2. The molecule has 1 N–H and O–H groups in total. The number of nitrogens with one attached hydrogen (secondary N) is 1. The van der Waals surface area contributed by atoms with Gasteiger partial charge >= 0.3 is 5.97 Å². The molecule has 1 unspecified atom stereocenters. The van der Waals surface area contributed by atoms with Gasteiger partial charge in [-0.1, -0.05) is 32.0 Å². The van der Waals surface area contributed by atoms with Gasteiger partial charge in [-0.3, -0.25) is 4.79 Å². The van der Waals surface area contributed by atoms with Crippen LogP contribution in [0.15, 0.2) is 35.7 Å². The van der Waals surface area contributed by atoms with Crippen molar-refractivity contribution in [3.05, 3.63) is 46.8 Å². The minimum Gasteiger partial charge on any atom is -0.481 e. The molecule has 0 saturated heterocycles. The van der Waals surface area contributed by atoms with Crippen LogP contribution in [0.1, 0.15) is 43.6 Å². The van der Waals surface area contributed by atoms with Gasteiger partial charge in [-0.25, -0.2) is 4.79 Å². The van der Waals surface area contributed by atoms with Crippen molar-refractivity contribution in [3.63, 3.8) is 0 Å². The Labute approximate surface area is 158 Å². The van der Waals surface area contributed by atoms with Crippen LogP contribution in [-0.2, 0) is 16.0 Å². The van der Waals surface area contributed by atoms with Crippen LogP contribution in [-0.4, -0.2) is 24.6 Å². The van der Waals surface area contributed by atoms with E-state index in [9.17, 15) is 9.59 Å². The summed E-state index contributed by atoms with van der Waals surface area (Å²) in [6, 6.07) is 9.15. The van der Waals surface area contributed by atoms with Gasteiger partial charge in [0.15, 0.2) is 6.10 Å². The Balaban J connectivity index is 2.15.